The Morgan fingerprint density at radius 1 is 1.40 bits per heavy atom. The van der Waals surface area contributed by atoms with Crippen LogP contribution in [0.4, 0.5) is 0 Å². The van der Waals surface area contributed by atoms with Gasteiger partial charge in [-0.05, 0) is 34.2 Å². The van der Waals surface area contributed by atoms with Gasteiger partial charge in [0.1, 0.15) is 0 Å². The molecule has 0 aliphatic heterocycles. The van der Waals surface area contributed by atoms with Gasteiger partial charge < -0.3 is 12.4 Å². The van der Waals surface area contributed by atoms with Crippen molar-refractivity contribution >= 4 is 27.7 Å². The van der Waals surface area contributed by atoms with Gasteiger partial charge in [0, 0.05) is 6.07 Å². The van der Waals surface area contributed by atoms with Crippen molar-refractivity contribution in [2.75, 3.05) is 5.75 Å². The Morgan fingerprint density at radius 3 is 2.87 bits per heavy atom. The first-order valence-electron chi connectivity index (χ1n) is 5.05. The van der Waals surface area contributed by atoms with E-state index >= 15 is 0 Å². The Morgan fingerprint density at radius 2 is 2.20 bits per heavy atom. The predicted molar refractivity (Wildman–Crippen MR) is 66.3 cm³/mol. The number of thioether (sulfide) groups is 1. The molecule has 4 heteroatoms. The summed E-state index contributed by atoms with van der Waals surface area (Å²) in [5.74, 6) is 2.33. The minimum Gasteiger partial charge on any atom is -1.00 e. The van der Waals surface area contributed by atoms with Gasteiger partial charge in [-0.25, -0.2) is 0 Å². The predicted octanol–water partition coefficient (Wildman–Crippen LogP) is 0.622. The Kier molecular flexibility index (Phi) is 9.66. The lowest BCUT2D eigenvalue weighted by atomic mass is 10.3. The lowest BCUT2D eigenvalue weighted by Crippen LogP contribution is -3.00. The molecule has 15 heavy (non-hydrogen) atoms. The quantitative estimate of drug-likeness (QED) is 0.550. The second kappa shape index (κ2) is 9.49. The van der Waals surface area contributed by atoms with Crippen LogP contribution in [0.5, 0.6) is 0 Å². The Balaban J connectivity index is 0.00000196. The van der Waals surface area contributed by atoms with Gasteiger partial charge in [0.25, 0.3) is 0 Å². The molecule has 0 fully saturated rings. The molecule has 86 valence electrons. The topological polar surface area (TPSA) is 3.88 Å². The minimum absolute atomic E-state index is 0. The summed E-state index contributed by atoms with van der Waals surface area (Å²) in [4.78, 5) is 0. The van der Waals surface area contributed by atoms with Crippen molar-refractivity contribution in [1.29, 1.82) is 0 Å². The van der Waals surface area contributed by atoms with Crippen LogP contribution in [0.25, 0.3) is 0 Å². The largest absolute Gasteiger partial charge is 1.00 e. The van der Waals surface area contributed by atoms with Crippen molar-refractivity contribution in [2.24, 2.45) is 0 Å². The zero-order valence-electron chi connectivity index (χ0n) is 8.96. The molecule has 0 saturated carbocycles. The highest BCUT2D eigenvalue weighted by Gasteiger charge is 2.00. The molecule has 0 amide bonds. The van der Waals surface area contributed by atoms with E-state index in [2.05, 4.69) is 51.9 Å². The number of hydrogen-bond donors (Lipinski definition) is 0. The van der Waals surface area contributed by atoms with Crippen LogP contribution in [-0.2, 0) is 5.88 Å². The fourth-order valence-corrected chi connectivity index (χ4v) is 2.52. The molecule has 0 unspecified atom stereocenters. The maximum absolute atomic E-state index is 3.47. The van der Waals surface area contributed by atoms with Crippen LogP contribution in [0.2, 0.25) is 0 Å². The summed E-state index contributed by atoms with van der Waals surface area (Å²) in [7, 11) is 0. The first-order valence-corrected chi connectivity index (χ1v) is 7.00. The molecule has 1 rings (SSSR count). The highest BCUT2D eigenvalue weighted by atomic mass is 79.9. The molecule has 0 bridgehead atoms. The summed E-state index contributed by atoms with van der Waals surface area (Å²) < 4.78 is 3.36. The summed E-state index contributed by atoms with van der Waals surface area (Å²) in [6.07, 6.45) is 8.24. The van der Waals surface area contributed by atoms with Gasteiger partial charge >= 0.3 is 0 Å². The highest BCUT2D eigenvalue weighted by Crippen LogP contribution is 2.07. The maximum atomic E-state index is 3.47. The van der Waals surface area contributed by atoms with E-state index in [9.17, 15) is 0 Å². The van der Waals surface area contributed by atoms with Crippen LogP contribution in [0.15, 0.2) is 29.0 Å². The number of unbranched alkanes of at least 4 members (excludes halogenated alkanes) is 2. The van der Waals surface area contributed by atoms with Crippen LogP contribution in [0, 0.1) is 0 Å². The first kappa shape index (κ1) is 15.3. The summed E-state index contributed by atoms with van der Waals surface area (Å²) in [6.45, 7) is 2.24. The highest BCUT2D eigenvalue weighted by molar-refractivity contribution is 9.10. The van der Waals surface area contributed by atoms with Crippen LogP contribution in [0.1, 0.15) is 26.2 Å². The van der Waals surface area contributed by atoms with Gasteiger partial charge in [0.2, 0.25) is 0 Å². The zero-order valence-corrected chi connectivity index (χ0v) is 12.1. The number of nitrogens with zero attached hydrogens (tertiary/aromatic N) is 1. The third-order valence-corrected chi connectivity index (χ3v) is 3.48. The van der Waals surface area contributed by atoms with Gasteiger partial charge in [-0.15, -0.1) is 0 Å². The molecule has 0 atom stereocenters. The molecule has 0 aromatic carbocycles. The average molecular weight is 311 g/mol. The van der Waals surface area contributed by atoms with E-state index in [1.165, 1.54) is 25.0 Å². The smallest absolute Gasteiger partial charge is 0.194 e. The summed E-state index contributed by atoms with van der Waals surface area (Å²) in [5, 5.41) is 0. The van der Waals surface area contributed by atoms with Gasteiger partial charge in [-0.1, -0.05) is 31.5 Å². The maximum Gasteiger partial charge on any atom is 0.194 e. The van der Waals surface area contributed by atoms with Crippen LogP contribution < -0.4 is 17.0 Å². The zero-order chi connectivity index (χ0) is 10.2. The van der Waals surface area contributed by atoms with E-state index in [1.807, 2.05) is 11.8 Å². The Hall–Kier alpha value is 0.270. The van der Waals surface area contributed by atoms with E-state index < -0.39 is 0 Å². The van der Waals surface area contributed by atoms with Gasteiger partial charge in [-0.3, -0.25) is 0 Å². The molecule has 1 aromatic heterocycles. The Bertz CT molecular complexity index is 271. The molecule has 0 saturated heterocycles. The fraction of sp³-hybridized carbons (Fsp3) is 0.545. The Labute approximate surface area is 111 Å². The molecule has 0 radical (unpaired) electrons. The van der Waals surface area contributed by atoms with Crippen LogP contribution >= 0.6 is 27.7 Å². The fourth-order valence-electron chi connectivity index (χ4n) is 1.19. The molecule has 0 N–H and O–H groups in total. The molecular formula is C11H17BrClNS. The van der Waals surface area contributed by atoms with E-state index in [0.29, 0.717) is 0 Å². The number of rotatable bonds is 6. The van der Waals surface area contributed by atoms with Crippen molar-refractivity contribution in [1.82, 2.24) is 0 Å². The van der Waals surface area contributed by atoms with Crippen molar-refractivity contribution in [3.8, 4) is 0 Å². The average Bonchev–Trinajstić information content (AvgIpc) is 2.18. The van der Waals surface area contributed by atoms with Crippen molar-refractivity contribution in [2.45, 2.75) is 32.1 Å². The molecular weight excluding hydrogens is 294 g/mol. The molecule has 0 spiro atoms. The number of pyridine rings is 1. The van der Waals surface area contributed by atoms with E-state index in [-0.39, 0.29) is 12.4 Å². The molecule has 1 nitrogen and oxygen atoms in total. The first-order chi connectivity index (χ1) is 6.83. The second-order valence-corrected chi connectivity index (χ2v) is 5.27. The third kappa shape index (κ3) is 7.20. The van der Waals surface area contributed by atoms with Gasteiger partial charge in [0.05, 0.1) is 4.47 Å². The van der Waals surface area contributed by atoms with E-state index in [1.54, 1.807) is 0 Å². The molecule has 0 aliphatic carbocycles. The van der Waals surface area contributed by atoms with E-state index in [0.717, 1.165) is 10.3 Å². The lowest BCUT2D eigenvalue weighted by molar-refractivity contribution is -0.676. The standard InChI is InChI=1S/C11H17BrNS.ClH/c1-2-3-4-8-14-10-13-7-5-6-11(12)9-13;/h5-7,9H,2-4,8,10H2,1H3;1H/q+1;/p-1. The van der Waals surface area contributed by atoms with Crippen LogP contribution in [0.3, 0.4) is 0 Å². The van der Waals surface area contributed by atoms with Gasteiger partial charge in [0.15, 0.2) is 18.3 Å². The SMILES string of the molecule is CCCCCSC[n+]1cccc(Br)c1.[Cl-]. The van der Waals surface area contributed by atoms with Crippen molar-refractivity contribution < 1.29 is 17.0 Å². The van der Waals surface area contributed by atoms with E-state index in [4.69, 9.17) is 0 Å². The monoisotopic (exact) mass is 309 g/mol. The molecule has 1 aromatic rings. The van der Waals surface area contributed by atoms with Gasteiger partial charge in [-0.2, -0.15) is 4.57 Å². The lowest BCUT2D eigenvalue weighted by Gasteiger charge is -1.97. The third-order valence-electron chi connectivity index (χ3n) is 1.95. The second-order valence-electron chi connectivity index (χ2n) is 3.28. The van der Waals surface area contributed by atoms with Crippen molar-refractivity contribution in [3.63, 3.8) is 0 Å². The summed E-state index contributed by atoms with van der Waals surface area (Å²) in [5.41, 5.74) is 0. The van der Waals surface area contributed by atoms with Crippen LogP contribution in [-0.4, -0.2) is 5.75 Å². The summed E-state index contributed by atoms with van der Waals surface area (Å²) >= 11 is 5.46. The normalized spacial score (nSPS) is 9.73. The molecule has 1 heterocycles. The summed E-state index contributed by atoms with van der Waals surface area (Å²) in [6, 6.07) is 4.12. The number of hydrogen-bond acceptors (Lipinski definition) is 1. The minimum atomic E-state index is 0. The van der Waals surface area contributed by atoms with Crippen molar-refractivity contribution in [3.05, 3.63) is 29.0 Å². The molecule has 0 aliphatic rings. The number of aromatic nitrogens is 1. The number of halogens is 2.